The molecule has 0 aliphatic carbocycles. The lowest BCUT2D eigenvalue weighted by molar-refractivity contribution is -0.137. The molecule has 5 heteroatoms. The fourth-order valence-corrected chi connectivity index (χ4v) is 1.80. The maximum absolute atomic E-state index is 11.8. The molecule has 0 aromatic heterocycles. The Bertz CT molecular complexity index is 443. The Morgan fingerprint density at radius 2 is 1.94 bits per heavy atom. The van der Waals surface area contributed by atoms with Crippen molar-refractivity contribution in [3.05, 3.63) is 28.8 Å². The summed E-state index contributed by atoms with van der Waals surface area (Å²) in [5, 5.41) is 8.87. The minimum Gasteiger partial charge on any atom is -0.495 e. The van der Waals surface area contributed by atoms with Gasteiger partial charge in [0.15, 0.2) is 5.78 Å². The number of hydrogen-bond donors (Lipinski definition) is 1. The molecule has 0 saturated heterocycles. The third-order valence-corrected chi connectivity index (χ3v) is 2.81. The zero-order valence-electron chi connectivity index (χ0n) is 10.1. The molecule has 0 radical (unpaired) electrons. The predicted octanol–water partition coefficient (Wildman–Crippen LogP) is 3.18. The van der Waals surface area contributed by atoms with Crippen LogP contribution in [0.1, 0.15) is 36.0 Å². The van der Waals surface area contributed by atoms with Gasteiger partial charge in [-0.05, 0) is 31.0 Å². The lowest BCUT2D eigenvalue weighted by Crippen LogP contribution is -2.01. The highest BCUT2D eigenvalue weighted by Crippen LogP contribution is 2.25. The van der Waals surface area contributed by atoms with Crippen LogP contribution in [-0.4, -0.2) is 24.0 Å². The van der Waals surface area contributed by atoms with Crippen molar-refractivity contribution < 1.29 is 19.4 Å². The van der Waals surface area contributed by atoms with Crippen LogP contribution in [0.4, 0.5) is 0 Å². The fraction of sp³-hybridized carbons (Fsp3) is 0.385. The van der Waals surface area contributed by atoms with Crippen LogP contribution in [0.5, 0.6) is 5.75 Å². The number of ketones is 1. The van der Waals surface area contributed by atoms with Crippen molar-refractivity contribution in [2.75, 3.05) is 7.11 Å². The van der Waals surface area contributed by atoms with E-state index >= 15 is 0 Å². The van der Waals surface area contributed by atoms with E-state index in [1.807, 2.05) is 0 Å². The molecule has 0 aliphatic rings. The summed E-state index contributed by atoms with van der Waals surface area (Å²) in [6, 6.07) is 4.87. The van der Waals surface area contributed by atoms with Crippen LogP contribution in [0.2, 0.25) is 5.02 Å². The van der Waals surface area contributed by atoms with Gasteiger partial charge in [0.1, 0.15) is 5.75 Å². The van der Waals surface area contributed by atoms with E-state index in [0.29, 0.717) is 35.6 Å². The Kier molecular flexibility index (Phi) is 5.65. The molecule has 18 heavy (non-hydrogen) atoms. The molecule has 0 bridgehead atoms. The van der Waals surface area contributed by atoms with Crippen molar-refractivity contribution in [2.45, 2.75) is 25.7 Å². The quantitative estimate of drug-likeness (QED) is 0.610. The number of Topliss-reactive ketones (excluding diaryl/α,β-unsaturated/α-hetero) is 1. The average molecular weight is 271 g/mol. The number of hydrogen-bond acceptors (Lipinski definition) is 3. The number of unbranched alkanes of at least 4 members (excludes halogenated alkanes) is 1. The van der Waals surface area contributed by atoms with Gasteiger partial charge in [0.25, 0.3) is 0 Å². The molecule has 0 unspecified atom stereocenters. The number of halogens is 1. The molecular formula is C13H15ClO4. The first-order valence-corrected chi connectivity index (χ1v) is 6.01. The van der Waals surface area contributed by atoms with Crippen molar-refractivity contribution >= 4 is 23.4 Å². The largest absolute Gasteiger partial charge is 0.495 e. The van der Waals surface area contributed by atoms with Crippen LogP contribution in [0.25, 0.3) is 0 Å². The van der Waals surface area contributed by atoms with Gasteiger partial charge < -0.3 is 9.84 Å². The van der Waals surface area contributed by atoms with Crippen LogP contribution in [0.15, 0.2) is 18.2 Å². The monoisotopic (exact) mass is 270 g/mol. The van der Waals surface area contributed by atoms with Crippen molar-refractivity contribution in [3.8, 4) is 5.75 Å². The molecule has 0 heterocycles. The maximum Gasteiger partial charge on any atom is 0.303 e. The summed E-state index contributed by atoms with van der Waals surface area (Å²) in [6.07, 6.45) is 1.49. The number of carbonyl (C=O) groups excluding carboxylic acids is 1. The molecular weight excluding hydrogens is 256 g/mol. The zero-order valence-corrected chi connectivity index (χ0v) is 10.9. The molecule has 0 saturated carbocycles. The van der Waals surface area contributed by atoms with Crippen LogP contribution < -0.4 is 4.74 Å². The smallest absolute Gasteiger partial charge is 0.303 e. The molecule has 0 amide bonds. The second-order valence-corrected chi connectivity index (χ2v) is 4.28. The van der Waals surface area contributed by atoms with E-state index in [-0.39, 0.29) is 12.2 Å². The Hall–Kier alpha value is -1.55. The Balaban J connectivity index is 2.51. The number of carbonyl (C=O) groups is 2. The minimum absolute atomic E-state index is 0.0371. The molecule has 0 spiro atoms. The van der Waals surface area contributed by atoms with Crippen molar-refractivity contribution in [3.63, 3.8) is 0 Å². The summed E-state index contributed by atoms with van der Waals surface area (Å²) in [5.41, 5.74) is 0.524. The fourth-order valence-electron chi connectivity index (χ4n) is 1.55. The van der Waals surface area contributed by atoms with Gasteiger partial charge in [-0.15, -0.1) is 0 Å². The van der Waals surface area contributed by atoms with Crippen LogP contribution in [0.3, 0.4) is 0 Å². The molecule has 4 nitrogen and oxygen atoms in total. The topological polar surface area (TPSA) is 63.6 Å². The van der Waals surface area contributed by atoms with Gasteiger partial charge in [0.2, 0.25) is 0 Å². The summed E-state index contributed by atoms with van der Waals surface area (Å²) in [7, 11) is 1.51. The lowest BCUT2D eigenvalue weighted by atomic mass is 10.0. The van der Waals surface area contributed by atoms with Gasteiger partial charge in [0.05, 0.1) is 12.1 Å². The highest BCUT2D eigenvalue weighted by Gasteiger charge is 2.09. The summed E-state index contributed by atoms with van der Waals surface area (Å²) >= 11 is 5.92. The Morgan fingerprint density at radius 1 is 1.28 bits per heavy atom. The van der Waals surface area contributed by atoms with Crippen molar-refractivity contribution in [1.82, 2.24) is 0 Å². The molecule has 0 aliphatic heterocycles. The van der Waals surface area contributed by atoms with Gasteiger partial charge in [-0.2, -0.15) is 0 Å². The minimum atomic E-state index is -0.838. The number of benzene rings is 1. The molecule has 1 aromatic rings. The number of aliphatic carboxylic acids is 1. The molecule has 1 rings (SSSR count). The third kappa shape index (κ3) is 4.37. The number of methoxy groups -OCH3 is 1. The Morgan fingerprint density at radius 3 is 2.50 bits per heavy atom. The first-order valence-electron chi connectivity index (χ1n) is 5.63. The maximum atomic E-state index is 11.8. The van der Waals surface area contributed by atoms with Crippen molar-refractivity contribution in [2.24, 2.45) is 0 Å². The second kappa shape index (κ2) is 7.01. The van der Waals surface area contributed by atoms with E-state index in [2.05, 4.69) is 0 Å². The molecule has 1 N–H and O–H groups in total. The molecule has 0 fully saturated rings. The van der Waals surface area contributed by atoms with E-state index in [9.17, 15) is 9.59 Å². The highest BCUT2D eigenvalue weighted by atomic mass is 35.5. The number of ether oxygens (including phenoxy) is 1. The van der Waals surface area contributed by atoms with Gasteiger partial charge >= 0.3 is 5.97 Å². The molecule has 1 aromatic carbocycles. The van der Waals surface area contributed by atoms with Gasteiger partial charge in [0, 0.05) is 18.4 Å². The van der Waals surface area contributed by atoms with E-state index in [4.69, 9.17) is 21.4 Å². The normalized spacial score (nSPS) is 10.1. The summed E-state index contributed by atoms with van der Waals surface area (Å²) in [4.78, 5) is 22.1. The lowest BCUT2D eigenvalue weighted by Gasteiger charge is -2.05. The summed E-state index contributed by atoms with van der Waals surface area (Å²) in [6.45, 7) is 0. The standard InChI is InChI=1S/C13H15ClO4/c1-18-12-7-6-9(8-10(12)14)11(15)4-2-3-5-13(16)17/h6-8H,2-5H2,1H3,(H,16,17). The highest BCUT2D eigenvalue weighted by molar-refractivity contribution is 6.32. The predicted molar refractivity (Wildman–Crippen MR) is 68.4 cm³/mol. The summed E-state index contributed by atoms with van der Waals surface area (Å²) in [5.74, 6) is -0.348. The van der Waals surface area contributed by atoms with Gasteiger partial charge in [-0.25, -0.2) is 0 Å². The average Bonchev–Trinajstić information content (AvgIpc) is 2.34. The summed E-state index contributed by atoms with van der Waals surface area (Å²) < 4.78 is 5.00. The SMILES string of the molecule is COc1ccc(C(=O)CCCCC(=O)O)cc1Cl. The first-order chi connectivity index (χ1) is 8.54. The number of carboxylic acid groups (broad SMARTS) is 1. The third-order valence-electron chi connectivity index (χ3n) is 2.52. The second-order valence-electron chi connectivity index (χ2n) is 3.87. The van der Waals surface area contributed by atoms with E-state index in [1.54, 1.807) is 18.2 Å². The van der Waals surface area contributed by atoms with Gasteiger partial charge in [-0.1, -0.05) is 11.6 Å². The number of rotatable bonds is 7. The van der Waals surface area contributed by atoms with Gasteiger partial charge in [-0.3, -0.25) is 9.59 Å². The molecule has 98 valence electrons. The van der Waals surface area contributed by atoms with Crippen LogP contribution in [-0.2, 0) is 4.79 Å². The zero-order chi connectivity index (χ0) is 13.5. The first kappa shape index (κ1) is 14.5. The van der Waals surface area contributed by atoms with E-state index < -0.39 is 5.97 Å². The Labute approximate surface area is 111 Å². The van der Waals surface area contributed by atoms with Crippen LogP contribution >= 0.6 is 11.6 Å². The molecule has 0 atom stereocenters. The van der Waals surface area contributed by atoms with Crippen LogP contribution in [0, 0.1) is 0 Å². The number of carboxylic acids is 1. The van der Waals surface area contributed by atoms with E-state index in [1.165, 1.54) is 7.11 Å². The van der Waals surface area contributed by atoms with Crippen molar-refractivity contribution in [1.29, 1.82) is 0 Å². The van der Waals surface area contributed by atoms with E-state index in [0.717, 1.165) is 0 Å².